The van der Waals surface area contributed by atoms with Crippen molar-refractivity contribution in [1.29, 1.82) is 0 Å². The molecule has 1 amide bonds. The van der Waals surface area contributed by atoms with Gasteiger partial charge in [-0.15, -0.1) is 11.3 Å². The van der Waals surface area contributed by atoms with Gasteiger partial charge in [0.15, 0.2) is 5.76 Å². The Labute approximate surface area is 154 Å². The average molecular weight is 394 g/mol. The maximum absolute atomic E-state index is 12.3. The van der Waals surface area contributed by atoms with Crippen molar-refractivity contribution in [2.75, 3.05) is 11.9 Å². The Balaban J connectivity index is 1.58. The molecular formula is C16H18N4O4S2. The summed E-state index contributed by atoms with van der Waals surface area (Å²) in [6.45, 7) is 4.97. The van der Waals surface area contributed by atoms with E-state index in [1.165, 1.54) is 6.92 Å². The van der Waals surface area contributed by atoms with Gasteiger partial charge in [0, 0.05) is 18.7 Å². The van der Waals surface area contributed by atoms with Gasteiger partial charge in [-0.05, 0) is 39.0 Å². The van der Waals surface area contributed by atoms with Gasteiger partial charge in [0.25, 0.3) is 0 Å². The van der Waals surface area contributed by atoms with Gasteiger partial charge in [-0.3, -0.25) is 4.79 Å². The normalized spacial score (nSPS) is 11.8. The molecule has 2 heterocycles. The van der Waals surface area contributed by atoms with Gasteiger partial charge in [0.1, 0.15) is 10.6 Å². The number of anilines is 1. The summed E-state index contributed by atoms with van der Waals surface area (Å²) in [5, 5.41) is 7.35. The molecule has 10 heteroatoms. The van der Waals surface area contributed by atoms with E-state index in [2.05, 4.69) is 20.2 Å². The summed E-state index contributed by atoms with van der Waals surface area (Å²) in [6.07, 6.45) is 0.00234. The largest absolute Gasteiger partial charge is 0.360 e. The lowest BCUT2D eigenvalue weighted by molar-refractivity contribution is -0.116. The zero-order valence-corrected chi connectivity index (χ0v) is 16.1. The molecule has 0 aliphatic carbocycles. The van der Waals surface area contributed by atoms with Crippen LogP contribution in [0.3, 0.4) is 0 Å². The Morgan fingerprint density at radius 2 is 2.04 bits per heavy atom. The number of aromatic nitrogens is 2. The van der Waals surface area contributed by atoms with Gasteiger partial charge < -0.3 is 9.84 Å². The van der Waals surface area contributed by atoms with E-state index in [-0.39, 0.29) is 35.2 Å². The highest BCUT2D eigenvalue weighted by Gasteiger charge is 2.23. The van der Waals surface area contributed by atoms with Crippen LogP contribution < -0.4 is 10.0 Å². The summed E-state index contributed by atoms with van der Waals surface area (Å²) in [7, 11) is -3.77. The second-order valence-corrected chi connectivity index (χ2v) is 8.70. The van der Waals surface area contributed by atoms with E-state index in [1.54, 1.807) is 24.3 Å². The van der Waals surface area contributed by atoms with Crippen LogP contribution in [0.4, 0.5) is 5.69 Å². The summed E-state index contributed by atoms with van der Waals surface area (Å²) in [6, 6.07) is 5.47. The number of nitrogens with zero attached hydrogens (tertiary/aromatic N) is 2. The van der Waals surface area contributed by atoms with Crippen molar-refractivity contribution in [3.05, 3.63) is 34.7 Å². The molecule has 0 aliphatic heterocycles. The predicted molar refractivity (Wildman–Crippen MR) is 98.8 cm³/mol. The topological polar surface area (TPSA) is 114 Å². The lowest BCUT2D eigenvalue weighted by Gasteiger charge is -2.07. The minimum atomic E-state index is -3.77. The quantitative estimate of drug-likeness (QED) is 0.664. The van der Waals surface area contributed by atoms with Crippen LogP contribution in [0.1, 0.15) is 22.9 Å². The van der Waals surface area contributed by atoms with Crippen molar-refractivity contribution in [3.63, 3.8) is 0 Å². The maximum Gasteiger partial charge on any atom is 0.245 e. The third-order valence-corrected chi connectivity index (χ3v) is 6.30. The number of carbonyl (C=O) groups is 1. The Hall–Kier alpha value is -2.30. The van der Waals surface area contributed by atoms with E-state index >= 15 is 0 Å². The SMILES string of the molecule is Cc1nc2ccc(NC(=O)CCNS(=O)(=O)c3c(C)noc3C)cc2s1. The highest BCUT2D eigenvalue weighted by atomic mass is 32.2. The van der Waals surface area contributed by atoms with Crippen LogP contribution in [-0.4, -0.2) is 31.0 Å². The zero-order valence-electron chi connectivity index (χ0n) is 14.5. The summed E-state index contributed by atoms with van der Waals surface area (Å²) < 4.78 is 32.8. The molecule has 26 heavy (non-hydrogen) atoms. The number of carbonyl (C=O) groups excluding carboxylic acids is 1. The molecule has 3 rings (SSSR count). The van der Waals surface area contributed by atoms with Crippen molar-refractivity contribution in [1.82, 2.24) is 14.9 Å². The molecule has 2 N–H and O–H groups in total. The number of sulfonamides is 1. The van der Waals surface area contributed by atoms with Crippen LogP contribution in [-0.2, 0) is 14.8 Å². The lowest BCUT2D eigenvalue weighted by Crippen LogP contribution is -2.28. The van der Waals surface area contributed by atoms with Crippen molar-refractivity contribution in [3.8, 4) is 0 Å². The smallest absolute Gasteiger partial charge is 0.245 e. The van der Waals surface area contributed by atoms with Gasteiger partial charge in [0.05, 0.1) is 15.2 Å². The number of thiazole rings is 1. The van der Waals surface area contributed by atoms with Crippen LogP contribution >= 0.6 is 11.3 Å². The fourth-order valence-electron chi connectivity index (χ4n) is 2.57. The standard InChI is InChI=1S/C16H18N4O4S2/c1-9-16(10(2)24-20-9)26(22,23)17-7-6-15(21)19-12-4-5-13-14(8-12)25-11(3)18-13/h4-5,8,17H,6-7H2,1-3H3,(H,19,21). The van der Waals surface area contributed by atoms with E-state index in [0.717, 1.165) is 15.2 Å². The summed E-state index contributed by atoms with van der Waals surface area (Å²) in [4.78, 5) is 16.5. The number of nitrogens with one attached hydrogen (secondary N) is 2. The van der Waals surface area contributed by atoms with E-state index in [9.17, 15) is 13.2 Å². The molecule has 2 aromatic heterocycles. The van der Waals surface area contributed by atoms with E-state index < -0.39 is 10.0 Å². The first-order valence-corrected chi connectivity index (χ1v) is 10.2. The second-order valence-electron chi connectivity index (χ2n) is 5.76. The molecule has 0 bridgehead atoms. The summed E-state index contributed by atoms with van der Waals surface area (Å²) in [5.41, 5.74) is 1.82. The van der Waals surface area contributed by atoms with Gasteiger partial charge in [0.2, 0.25) is 15.9 Å². The zero-order chi connectivity index (χ0) is 18.9. The molecular weight excluding hydrogens is 376 g/mol. The molecule has 8 nitrogen and oxygen atoms in total. The first-order chi connectivity index (χ1) is 12.3. The van der Waals surface area contributed by atoms with Crippen LogP contribution in [0.15, 0.2) is 27.6 Å². The first kappa shape index (κ1) is 18.5. The van der Waals surface area contributed by atoms with E-state index in [0.29, 0.717) is 5.69 Å². The molecule has 0 radical (unpaired) electrons. The maximum atomic E-state index is 12.3. The second kappa shape index (κ2) is 7.14. The highest BCUT2D eigenvalue weighted by Crippen LogP contribution is 2.24. The minimum Gasteiger partial charge on any atom is -0.360 e. The van der Waals surface area contributed by atoms with Crippen LogP contribution in [0, 0.1) is 20.8 Å². The molecule has 1 aromatic carbocycles. The molecule has 0 spiro atoms. The Morgan fingerprint density at radius 1 is 1.27 bits per heavy atom. The summed E-state index contributed by atoms with van der Waals surface area (Å²) in [5.74, 6) is -0.0698. The molecule has 0 aliphatic rings. The average Bonchev–Trinajstić information content (AvgIpc) is 3.08. The van der Waals surface area contributed by atoms with Crippen LogP contribution in [0.2, 0.25) is 0 Å². The number of fused-ring (bicyclic) bond motifs is 1. The van der Waals surface area contributed by atoms with E-state index in [4.69, 9.17) is 4.52 Å². The molecule has 0 atom stereocenters. The highest BCUT2D eigenvalue weighted by molar-refractivity contribution is 7.89. The van der Waals surface area contributed by atoms with Crippen LogP contribution in [0.5, 0.6) is 0 Å². The minimum absolute atomic E-state index is 0.00234. The fraction of sp³-hybridized carbons (Fsp3) is 0.312. The van der Waals surface area contributed by atoms with Crippen LogP contribution in [0.25, 0.3) is 10.2 Å². The molecule has 0 saturated heterocycles. The van der Waals surface area contributed by atoms with Crippen molar-refractivity contribution >= 4 is 43.2 Å². The number of benzene rings is 1. The number of aryl methyl sites for hydroxylation is 3. The molecule has 0 unspecified atom stereocenters. The number of hydrogen-bond acceptors (Lipinski definition) is 7. The van der Waals surface area contributed by atoms with Gasteiger partial charge in [-0.1, -0.05) is 5.16 Å². The number of rotatable bonds is 6. The van der Waals surface area contributed by atoms with Crippen molar-refractivity contribution < 1.29 is 17.7 Å². The van der Waals surface area contributed by atoms with Gasteiger partial charge >= 0.3 is 0 Å². The molecule has 3 aromatic rings. The molecule has 0 saturated carbocycles. The lowest BCUT2D eigenvalue weighted by atomic mass is 10.3. The van der Waals surface area contributed by atoms with Crippen molar-refractivity contribution in [2.45, 2.75) is 32.1 Å². The number of amides is 1. The fourth-order valence-corrected chi connectivity index (χ4v) is 4.79. The first-order valence-electron chi connectivity index (χ1n) is 7.86. The molecule has 0 fully saturated rings. The predicted octanol–water partition coefficient (Wildman–Crippen LogP) is 2.52. The summed E-state index contributed by atoms with van der Waals surface area (Å²) >= 11 is 1.55. The number of hydrogen-bond donors (Lipinski definition) is 2. The Morgan fingerprint density at radius 3 is 2.73 bits per heavy atom. The Bertz CT molecular complexity index is 1050. The van der Waals surface area contributed by atoms with Crippen molar-refractivity contribution in [2.24, 2.45) is 0 Å². The third-order valence-electron chi connectivity index (χ3n) is 3.66. The Kier molecular flexibility index (Phi) is 5.08. The van der Waals surface area contributed by atoms with E-state index in [1.807, 2.05) is 19.1 Å². The van der Waals surface area contributed by atoms with Gasteiger partial charge in [-0.2, -0.15) is 0 Å². The monoisotopic (exact) mass is 394 g/mol. The van der Waals surface area contributed by atoms with Gasteiger partial charge in [-0.25, -0.2) is 18.1 Å². The molecule has 138 valence electrons. The third kappa shape index (κ3) is 3.92.